The first-order valence-corrected chi connectivity index (χ1v) is 11.3. The van der Waals surface area contributed by atoms with Crippen molar-refractivity contribution < 1.29 is 17.9 Å². The summed E-state index contributed by atoms with van der Waals surface area (Å²) in [5.74, 6) is 0.843. The number of fused-ring (bicyclic) bond motifs is 1. The van der Waals surface area contributed by atoms with Gasteiger partial charge < -0.3 is 10.1 Å². The fourth-order valence-corrected chi connectivity index (χ4v) is 4.91. The van der Waals surface area contributed by atoms with Gasteiger partial charge in [0.1, 0.15) is 5.75 Å². The van der Waals surface area contributed by atoms with Gasteiger partial charge in [0, 0.05) is 13.1 Å². The van der Waals surface area contributed by atoms with Crippen LogP contribution in [0.2, 0.25) is 0 Å². The quantitative estimate of drug-likeness (QED) is 0.717. The average molecular weight is 417 g/mol. The first-order chi connectivity index (χ1) is 13.8. The highest BCUT2D eigenvalue weighted by Crippen LogP contribution is 2.33. The zero-order valence-corrected chi connectivity index (χ0v) is 18.0. The third-order valence-electron chi connectivity index (χ3n) is 4.98. The van der Waals surface area contributed by atoms with Crippen molar-refractivity contribution in [2.45, 2.75) is 38.5 Å². The Morgan fingerprint density at radius 1 is 1.21 bits per heavy atom. The number of para-hydroxylation sites is 1. The molecular formula is C22H28N2O4S. The van der Waals surface area contributed by atoms with Crippen LogP contribution in [0.1, 0.15) is 31.4 Å². The maximum absolute atomic E-state index is 13.1. The zero-order chi connectivity index (χ0) is 21.0. The van der Waals surface area contributed by atoms with Crippen molar-refractivity contribution in [3.8, 4) is 5.75 Å². The molecule has 1 aliphatic rings. The van der Waals surface area contributed by atoms with Gasteiger partial charge in [-0.2, -0.15) is 0 Å². The van der Waals surface area contributed by atoms with Crippen LogP contribution < -0.4 is 14.4 Å². The normalized spacial score (nSPS) is 13.4. The second-order valence-electron chi connectivity index (χ2n) is 7.70. The van der Waals surface area contributed by atoms with Gasteiger partial charge in [0.25, 0.3) is 15.9 Å². The van der Waals surface area contributed by atoms with E-state index in [9.17, 15) is 13.2 Å². The Kier molecular flexibility index (Phi) is 6.47. The number of carbonyl (C=O) groups is 1. The lowest BCUT2D eigenvalue weighted by molar-refractivity contribution is -0.123. The van der Waals surface area contributed by atoms with Crippen LogP contribution in [0.25, 0.3) is 0 Å². The zero-order valence-electron chi connectivity index (χ0n) is 17.1. The Morgan fingerprint density at radius 2 is 1.97 bits per heavy atom. The Hall–Kier alpha value is -2.54. The van der Waals surface area contributed by atoms with Crippen molar-refractivity contribution in [2.24, 2.45) is 5.92 Å². The number of hydrogen-bond donors (Lipinski definition) is 1. The van der Waals surface area contributed by atoms with Crippen LogP contribution in [0.3, 0.4) is 0 Å². The molecule has 29 heavy (non-hydrogen) atoms. The van der Waals surface area contributed by atoms with Gasteiger partial charge in [-0.3, -0.25) is 9.10 Å². The van der Waals surface area contributed by atoms with Crippen molar-refractivity contribution in [2.75, 3.05) is 24.0 Å². The van der Waals surface area contributed by atoms with E-state index in [1.54, 1.807) is 19.1 Å². The summed E-state index contributed by atoms with van der Waals surface area (Å²) < 4.78 is 33.3. The molecule has 0 spiro atoms. The number of amides is 1. The van der Waals surface area contributed by atoms with Gasteiger partial charge >= 0.3 is 0 Å². The molecule has 0 radical (unpaired) electrons. The van der Waals surface area contributed by atoms with Gasteiger partial charge in [-0.25, -0.2) is 8.42 Å². The van der Waals surface area contributed by atoms with Crippen LogP contribution in [-0.2, 0) is 21.2 Å². The second-order valence-corrected chi connectivity index (χ2v) is 9.57. The number of nitrogens with one attached hydrogen (secondary N) is 1. The molecule has 0 aromatic heterocycles. The van der Waals surface area contributed by atoms with E-state index in [4.69, 9.17) is 4.74 Å². The van der Waals surface area contributed by atoms with Gasteiger partial charge in [-0.15, -0.1) is 0 Å². The Labute approximate surface area is 172 Å². The standard InChI is InChI=1S/C22H28N2O4S/c1-16(2)10-12-23-22(25)15-28-21-9-8-19(14-17(21)3)29(26,27)24-13-11-18-6-4-5-7-20(18)24/h4-9,14,16H,10-13,15H2,1-3H3,(H,23,25). The predicted molar refractivity (Wildman–Crippen MR) is 114 cm³/mol. The van der Waals surface area contributed by atoms with E-state index in [1.165, 1.54) is 10.4 Å². The Morgan fingerprint density at radius 3 is 2.69 bits per heavy atom. The average Bonchev–Trinajstić information content (AvgIpc) is 3.11. The van der Waals surface area contributed by atoms with E-state index < -0.39 is 10.0 Å². The summed E-state index contributed by atoms with van der Waals surface area (Å²) in [6.45, 7) is 6.95. The van der Waals surface area contributed by atoms with E-state index >= 15 is 0 Å². The maximum atomic E-state index is 13.1. The summed E-state index contributed by atoms with van der Waals surface area (Å²) in [5.41, 5.74) is 2.45. The lowest BCUT2D eigenvalue weighted by atomic mass is 10.1. The molecule has 0 saturated heterocycles. The van der Waals surface area contributed by atoms with Crippen molar-refractivity contribution in [1.82, 2.24) is 5.32 Å². The molecule has 1 heterocycles. The van der Waals surface area contributed by atoms with Crippen LogP contribution in [0, 0.1) is 12.8 Å². The van der Waals surface area contributed by atoms with Crippen LogP contribution in [0.4, 0.5) is 5.69 Å². The summed E-state index contributed by atoms with van der Waals surface area (Å²) in [4.78, 5) is 12.1. The minimum absolute atomic E-state index is 0.0927. The number of hydrogen-bond acceptors (Lipinski definition) is 4. The van der Waals surface area contributed by atoms with E-state index in [0.29, 0.717) is 36.7 Å². The fraction of sp³-hybridized carbons (Fsp3) is 0.409. The van der Waals surface area contributed by atoms with E-state index in [-0.39, 0.29) is 17.4 Å². The molecule has 3 rings (SSSR count). The molecule has 156 valence electrons. The van der Waals surface area contributed by atoms with Crippen LogP contribution in [0.15, 0.2) is 47.4 Å². The highest BCUT2D eigenvalue weighted by atomic mass is 32.2. The number of carbonyl (C=O) groups excluding carboxylic acids is 1. The molecule has 0 saturated carbocycles. The number of aryl methyl sites for hydroxylation is 1. The van der Waals surface area contributed by atoms with Crippen LogP contribution >= 0.6 is 0 Å². The van der Waals surface area contributed by atoms with Gasteiger partial charge in [0.15, 0.2) is 6.61 Å². The minimum Gasteiger partial charge on any atom is -0.484 e. The Balaban J connectivity index is 1.67. The van der Waals surface area contributed by atoms with Gasteiger partial charge in [0.05, 0.1) is 10.6 Å². The highest BCUT2D eigenvalue weighted by Gasteiger charge is 2.30. The third-order valence-corrected chi connectivity index (χ3v) is 6.79. The van der Waals surface area contributed by atoms with Gasteiger partial charge in [0.2, 0.25) is 0 Å². The van der Waals surface area contributed by atoms with Crippen molar-refractivity contribution >= 4 is 21.6 Å². The van der Waals surface area contributed by atoms with E-state index in [0.717, 1.165) is 17.7 Å². The smallest absolute Gasteiger partial charge is 0.264 e. The first kappa shape index (κ1) is 21.2. The van der Waals surface area contributed by atoms with Crippen molar-refractivity contribution in [3.05, 3.63) is 53.6 Å². The molecule has 0 atom stereocenters. The molecule has 1 amide bonds. The topological polar surface area (TPSA) is 75.7 Å². The molecule has 1 N–H and O–H groups in total. The lowest BCUT2D eigenvalue weighted by Gasteiger charge is -2.20. The number of sulfonamides is 1. The molecule has 0 bridgehead atoms. The van der Waals surface area contributed by atoms with Gasteiger partial charge in [-0.1, -0.05) is 32.0 Å². The summed E-state index contributed by atoms with van der Waals surface area (Å²) in [7, 11) is -3.64. The third kappa shape index (κ3) is 4.90. The molecule has 6 nitrogen and oxygen atoms in total. The molecule has 0 aliphatic carbocycles. The minimum atomic E-state index is -3.64. The molecule has 2 aromatic carbocycles. The molecule has 0 fully saturated rings. The van der Waals surface area contributed by atoms with Crippen molar-refractivity contribution in [3.63, 3.8) is 0 Å². The SMILES string of the molecule is Cc1cc(S(=O)(=O)N2CCc3ccccc32)ccc1OCC(=O)NCCC(C)C. The summed E-state index contributed by atoms with van der Waals surface area (Å²) in [5, 5.41) is 2.82. The molecule has 0 unspecified atom stereocenters. The van der Waals surface area contributed by atoms with Crippen molar-refractivity contribution in [1.29, 1.82) is 0 Å². The van der Waals surface area contributed by atoms with Crippen LogP contribution in [-0.4, -0.2) is 34.0 Å². The highest BCUT2D eigenvalue weighted by molar-refractivity contribution is 7.92. The molecular weight excluding hydrogens is 388 g/mol. The number of anilines is 1. The number of benzene rings is 2. The monoisotopic (exact) mass is 416 g/mol. The van der Waals surface area contributed by atoms with Crippen LogP contribution in [0.5, 0.6) is 5.75 Å². The summed E-state index contributed by atoms with van der Waals surface area (Å²) in [6.07, 6.45) is 1.62. The van der Waals surface area contributed by atoms with Gasteiger partial charge in [-0.05, 0) is 61.1 Å². The number of rotatable bonds is 8. The largest absolute Gasteiger partial charge is 0.484 e. The maximum Gasteiger partial charge on any atom is 0.264 e. The number of ether oxygens (including phenoxy) is 1. The summed E-state index contributed by atoms with van der Waals surface area (Å²) in [6, 6.07) is 12.3. The summed E-state index contributed by atoms with van der Waals surface area (Å²) >= 11 is 0. The molecule has 7 heteroatoms. The number of nitrogens with zero attached hydrogens (tertiary/aromatic N) is 1. The predicted octanol–water partition coefficient (Wildman–Crippen LogP) is 3.29. The van der Waals surface area contributed by atoms with E-state index in [1.807, 2.05) is 24.3 Å². The molecule has 2 aromatic rings. The van der Waals surface area contributed by atoms with E-state index in [2.05, 4.69) is 19.2 Å². The molecule has 1 aliphatic heterocycles. The Bertz CT molecular complexity index is 986. The lowest BCUT2D eigenvalue weighted by Crippen LogP contribution is -2.30. The first-order valence-electron chi connectivity index (χ1n) is 9.90. The fourth-order valence-electron chi connectivity index (χ4n) is 3.32. The second kappa shape index (κ2) is 8.86.